The summed E-state index contributed by atoms with van der Waals surface area (Å²) in [4.78, 5) is 18.2. The topological polar surface area (TPSA) is 88.1 Å². The van der Waals surface area contributed by atoms with Gasteiger partial charge in [-0.15, -0.1) is 5.10 Å². The maximum Gasteiger partial charge on any atom is 0.251 e. The maximum absolute atomic E-state index is 13.2. The molecule has 0 saturated carbocycles. The first-order valence-electron chi connectivity index (χ1n) is 12.0. The van der Waals surface area contributed by atoms with Gasteiger partial charge in [0, 0.05) is 48.3 Å². The van der Waals surface area contributed by atoms with Crippen molar-refractivity contribution in [3.63, 3.8) is 0 Å². The Morgan fingerprint density at radius 2 is 1.97 bits per heavy atom. The van der Waals surface area contributed by atoms with E-state index >= 15 is 0 Å². The molecule has 4 heterocycles. The van der Waals surface area contributed by atoms with Crippen LogP contribution in [0.5, 0.6) is 0 Å². The number of piperidine rings is 1. The lowest BCUT2D eigenvalue weighted by Crippen LogP contribution is -2.44. The van der Waals surface area contributed by atoms with Crippen LogP contribution >= 0.6 is 0 Å². The molecule has 6 rings (SSSR count). The summed E-state index contributed by atoms with van der Waals surface area (Å²) in [5.74, 6) is -0.276. The summed E-state index contributed by atoms with van der Waals surface area (Å²) in [5.41, 5.74) is 4.59. The Morgan fingerprint density at radius 3 is 2.80 bits per heavy atom. The molecule has 2 aromatic carbocycles. The van der Waals surface area contributed by atoms with Gasteiger partial charge in [-0.05, 0) is 54.8 Å². The third kappa shape index (κ3) is 4.56. The number of benzene rings is 2. The van der Waals surface area contributed by atoms with Gasteiger partial charge in [-0.3, -0.25) is 9.69 Å². The van der Waals surface area contributed by atoms with Crippen LogP contribution in [0.2, 0.25) is 0 Å². The van der Waals surface area contributed by atoms with Crippen molar-refractivity contribution in [2.24, 2.45) is 0 Å². The number of halogens is 1. The van der Waals surface area contributed by atoms with Crippen molar-refractivity contribution in [2.75, 3.05) is 13.1 Å². The van der Waals surface area contributed by atoms with Crippen LogP contribution in [-0.4, -0.2) is 49.9 Å². The fourth-order valence-corrected chi connectivity index (χ4v) is 4.97. The van der Waals surface area contributed by atoms with Crippen LogP contribution < -0.4 is 5.32 Å². The molecule has 1 unspecified atom stereocenters. The molecule has 1 saturated heterocycles. The van der Waals surface area contributed by atoms with Gasteiger partial charge in [0.1, 0.15) is 17.6 Å². The van der Waals surface area contributed by atoms with Crippen molar-refractivity contribution in [2.45, 2.75) is 44.7 Å². The molecule has 0 radical (unpaired) electrons. The van der Waals surface area contributed by atoms with E-state index < -0.39 is 0 Å². The van der Waals surface area contributed by atoms with Crippen LogP contribution in [0, 0.1) is 5.82 Å². The maximum atomic E-state index is 13.2. The summed E-state index contributed by atoms with van der Waals surface area (Å²) in [6.07, 6.45) is 3.51. The highest BCUT2D eigenvalue weighted by molar-refractivity contribution is 5.98. The number of hydrogen-bond acceptors (Lipinski definition) is 5. The second kappa shape index (κ2) is 9.24. The number of hydrogen-bond donors (Lipinski definition) is 2. The molecule has 1 fully saturated rings. The largest absolute Gasteiger partial charge is 0.365 e. The van der Waals surface area contributed by atoms with E-state index in [4.69, 9.17) is 4.74 Å². The van der Waals surface area contributed by atoms with Crippen molar-refractivity contribution < 1.29 is 13.9 Å². The van der Waals surface area contributed by atoms with Gasteiger partial charge in [0.2, 0.25) is 0 Å². The van der Waals surface area contributed by atoms with Crippen molar-refractivity contribution >= 4 is 16.8 Å². The Labute approximate surface area is 202 Å². The zero-order chi connectivity index (χ0) is 23.8. The van der Waals surface area contributed by atoms with Crippen molar-refractivity contribution in [3.05, 3.63) is 83.1 Å². The number of aromatic nitrogens is 4. The minimum Gasteiger partial charge on any atom is -0.365 e. The minimum atomic E-state index is -0.255. The van der Waals surface area contributed by atoms with Gasteiger partial charge in [-0.25, -0.2) is 9.07 Å². The number of nitrogens with one attached hydrogen (secondary N) is 2. The van der Waals surface area contributed by atoms with E-state index in [0.29, 0.717) is 25.3 Å². The summed E-state index contributed by atoms with van der Waals surface area (Å²) in [6.45, 7) is 3.48. The molecule has 1 amide bonds. The second-order valence-electron chi connectivity index (χ2n) is 9.32. The smallest absolute Gasteiger partial charge is 0.251 e. The monoisotopic (exact) mass is 474 g/mol. The zero-order valence-electron chi connectivity index (χ0n) is 19.3. The molecule has 2 aromatic heterocycles. The summed E-state index contributed by atoms with van der Waals surface area (Å²) in [5, 5.41) is 13.0. The van der Waals surface area contributed by atoms with Gasteiger partial charge in [0.25, 0.3) is 5.91 Å². The van der Waals surface area contributed by atoms with E-state index in [2.05, 4.69) is 25.5 Å². The Bertz CT molecular complexity index is 1340. The minimum absolute atomic E-state index is 0.0215. The van der Waals surface area contributed by atoms with Crippen molar-refractivity contribution in [3.8, 4) is 0 Å². The van der Waals surface area contributed by atoms with E-state index in [1.165, 1.54) is 12.1 Å². The SMILES string of the molecule is O=C(NC1CCN(Cc2nnn3c2COC(c2ccc(F)cc2)C3)CC1)c1ccc2[nH]ccc2c1. The molecule has 9 heteroatoms. The van der Waals surface area contributed by atoms with Crippen LogP contribution in [0.4, 0.5) is 4.39 Å². The van der Waals surface area contributed by atoms with Gasteiger partial charge in [-0.2, -0.15) is 0 Å². The van der Waals surface area contributed by atoms with Crippen LogP contribution in [0.3, 0.4) is 0 Å². The fourth-order valence-electron chi connectivity index (χ4n) is 4.97. The number of amides is 1. The first kappa shape index (κ1) is 21.9. The average molecular weight is 475 g/mol. The molecule has 0 aliphatic carbocycles. The summed E-state index contributed by atoms with van der Waals surface area (Å²) < 4.78 is 21.2. The molecule has 1 atom stereocenters. The molecule has 0 bridgehead atoms. The molecule has 2 aliphatic rings. The molecule has 8 nitrogen and oxygen atoms in total. The van der Waals surface area contributed by atoms with Crippen LogP contribution in [0.25, 0.3) is 10.9 Å². The number of aromatic amines is 1. The number of H-pyrrole nitrogens is 1. The molecule has 2 aliphatic heterocycles. The highest BCUT2D eigenvalue weighted by Gasteiger charge is 2.27. The first-order chi connectivity index (χ1) is 17.1. The molecule has 4 aromatic rings. The van der Waals surface area contributed by atoms with Crippen LogP contribution in [-0.2, 0) is 24.4 Å². The normalized spacial score (nSPS) is 19.1. The van der Waals surface area contributed by atoms with E-state index in [9.17, 15) is 9.18 Å². The summed E-state index contributed by atoms with van der Waals surface area (Å²) in [7, 11) is 0. The number of fused-ring (bicyclic) bond motifs is 2. The molecule has 35 heavy (non-hydrogen) atoms. The lowest BCUT2D eigenvalue weighted by atomic mass is 10.0. The van der Waals surface area contributed by atoms with Gasteiger partial charge in [-0.1, -0.05) is 17.3 Å². The Kier molecular flexibility index (Phi) is 5.79. The Morgan fingerprint density at radius 1 is 1.14 bits per heavy atom. The number of likely N-dealkylation sites (tertiary alicyclic amines) is 1. The average Bonchev–Trinajstić information content (AvgIpc) is 3.52. The van der Waals surface area contributed by atoms with Crippen molar-refractivity contribution in [1.29, 1.82) is 0 Å². The molecular weight excluding hydrogens is 447 g/mol. The number of ether oxygens (including phenoxy) is 1. The van der Waals surface area contributed by atoms with Crippen LogP contribution in [0.15, 0.2) is 54.7 Å². The first-order valence-corrected chi connectivity index (χ1v) is 12.0. The van der Waals surface area contributed by atoms with Gasteiger partial charge >= 0.3 is 0 Å². The van der Waals surface area contributed by atoms with E-state index in [-0.39, 0.29) is 23.9 Å². The van der Waals surface area contributed by atoms with Gasteiger partial charge in [0.05, 0.1) is 18.8 Å². The summed E-state index contributed by atoms with van der Waals surface area (Å²) >= 11 is 0. The van der Waals surface area contributed by atoms with Crippen molar-refractivity contribution in [1.82, 2.24) is 30.2 Å². The Hall–Kier alpha value is -3.56. The van der Waals surface area contributed by atoms with E-state index in [1.54, 1.807) is 12.1 Å². The standard InChI is InChI=1S/C26H27FN6O2/c27-20-4-1-17(2-5-20)25-15-33-24(16-35-25)23(30-31-33)14-32-11-8-21(9-12-32)29-26(34)19-3-6-22-18(13-19)7-10-28-22/h1-7,10,13,21,25,28H,8-9,11-12,14-16H2,(H,29,34). The fraction of sp³-hybridized carbons (Fsp3) is 0.346. The number of carbonyl (C=O) groups is 1. The zero-order valence-corrected chi connectivity index (χ0v) is 19.3. The number of nitrogens with zero attached hydrogens (tertiary/aromatic N) is 4. The quantitative estimate of drug-likeness (QED) is 0.462. The third-order valence-corrected chi connectivity index (χ3v) is 7.03. The lowest BCUT2D eigenvalue weighted by Gasteiger charge is -2.32. The number of carbonyl (C=O) groups excluding carboxylic acids is 1. The number of rotatable bonds is 5. The molecule has 180 valence electrons. The van der Waals surface area contributed by atoms with E-state index in [1.807, 2.05) is 35.1 Å². The molecular formula is C26H27FN6O2. The van der Waals surface area contributed by atoms with Crippen LogP contribution in [0.1, 0.15) is 46.3 Å². The molecule has 2 N–H and O–H groups in total. The van der Waals surface area contributed by atoms with Gasteiger partial charge < -0.3 is 15.0 Å². The molecule has 0 spiro atoms. The van der Waals surface area contributed by atoms with E-state index in [0.717, 1.165) is 53.8 Å². The third-order valence-electron chi connectivity index (χ3n) is 7.03. The Balaban J connectivity index is 1.02. The highest BCUT2D eigenvalue weighted by atomic mass is 19.1. The highest BCUT2D eigenvalue weighted by Crippen LogP contribution is 2.28. The second-order valence-corrected chi connectivity index (χ2v) is 9.32. The lowest BCUT2D eigenvalue weighted by molar-refractivity contribution is -0.00220. The predicted octanol–water partition coefficient (Wildman–Crippen LogP) is 3.56. The summed E-state index contributed by atoms with van der Waals surface area (Å²) in [6, 6.07) is 14.3. The predicted molar refractivity (Wildman–Crippen MR) is 128 cm³/mol. The van der Waals surface area contributed by atoms with Gasteiger partial charge in [0.15, 0.2) is 0 Å².